The Bertz CT molecular complexity index is 790. The van der Waals surface area contributed by atoms with Gasteiger partial charge in [0.2, 0.25) is 0 Å². The van der Waals surface area contributed by atoms with Crippen molar-refractivity contribution in [3.8, 4) is 0 Å². The Balaban J connectivity index is 1.58. The standard InChI is InChI=1S/C34H54O2/c1-29(2)17-10-6-7-11-18-30-22-16-23-31(25-30)19-14-9-15-24-35-28-33(26-34(3,4)5)36-27-32-20-12-8-13-21-32/h8,12-13,16,20-23,25,29,33H,6-7,9-11,14-15,17-19,24,26-28H2,1-5H3. The third-order valence-electron chi connectivity index (χ3n) is 6.71. The molecule has 2 heteroatoms. The molecule has 0 saturated heterocycles. The van der Waals surface area contributed by atoms with Crippen molar-refractivity contribution in [2.75, 3.05) is 13.2 Å². The van der Waals surface area contributed by atoms with Gasteiger partial charge in [-0.3, -0.25) is 0 Å². The van der Waals surface area contributed by atoms with E-state index in [0.717, 1.165) is 25.4 Å². The number of ether oxygens (including phenoxy) is 2. The lowest BCUT2D eigenvalue weighted by Gasteiger charge is -2.26. The Morgan fingerprint density at radius 2 is 1.31 bits per heavy atom. The van der Waals surface area contributed by atoms with Gasteiger partial charge in [-0.2, -0.15) is 0 Å². The van der Waals surface area contributed by atoms with E-state index in [9.17, 15) is 0 Å². The zero-order valence-electron chi connectivity index (χ0n) is 24.1. The summed E-state index contributed by atoms with van der Waals surface area (Å²) < 4.78 is 12.3. The third kappa shape index (κ3) is 15.5. The first kappa shape index (κ1) is 30.6. The van der Waals surface area contributed by atoms with Crippen LogP contribution in [0.4, 0.5) is 0 Å². The summed E-state index contributed by atoms with van der Waals surface area (Å²) in [4.78, 5) is 0. The Labute approximate surface area is 223 Å². The van der Waals surface area contributed by atoms with Gasteiger partial charge in [-0.15, -0.1) is 0 Å². The maximum atomic E-state index is 6.23. The molecule has 0 N–H and O–H groups in total. The normalized spacial score (nSPS) is 12.8. The number of rotatable bonds is 19. The molecule has 36 heavy (non-hydrogen) atoms. The number of benzene rings is 2. The zero-order chi connectivity index (χ0) is 26.1. The SMILES string of the molecule is CC(C)CCCCCCc1cccc(CCCCCOCC(CC(C)(C)C)OCc2ccccc2)c1. The average Bonchev–Trinajstić information content (AvgIpc) is 2.84. The van der Waals surface area contributed by atoms with Crippen molar-refractivity contribution in [1.82, 2.24) is 0 Å². The van der Waals surface area contributed by atoms with Crippen LogP contribution in [0.3, 0.4) is 0 Å². The van der Waals surface area contributed by atoms with E-state index in [4.69, 9.17) is 9.47 Å². The van der Waals surface area contributed by atoms with Crippen molar-refractivity contribution >= 4 is 0 Å². The van der Waals surface area contributed by atoms with Crippen molar-refractivity contribution < 1.29 is 9.47 Å². The second-order valence-electron chi connectivity index (χ2n) is 12.2. The summed E-state index contributed by atoms with van der Waals surface area (Å²) in [6.07, 6.45) is 14.0. The monoisotopic (exact) mass is 494 g/mol. The van der Waals surface area contributed by atoms with Crippen LogP contribution < -0.4 is 0 Å². The molecular weight excluding hydrogens is 440 g/mol. The first-order chi connectivity index (χ1) is 17.3. The number of hydrogen-bond acceptors (Lipinski definition) is 2. The molecule has 0 aliphatic rings. The fraction of sp³-hybridized carbons (Fsp3) is 0.647. The molecular formula is C34H54O2. The van der Waals surface area contributed by atoms with Crippen LogP contribution in [0.5, 0.6) is 0 Å². The molecule has 202 valence electrons. The lowest BCUT2D eigenvalue weighted by Crippen LogP contribution is -2.26. The van der Waals surface area contributed by atoms with Gasteiger partial charge in [-0.1, -0.05) is 121 Å². The van der Waals surface area contributed by atoms with Crippen LogP contribution >= 0.6 is 0 Å². The van der Waals surface area contributed by atoms with E-state index < -0.39 is 0 Å². The van der Waals surface area contributed by atoms with Gasteiger partial charge in [0, 0.05) is 6.61 Å². The molecule has 0 spiro atoms. The molecule has 2 aromatic carbocycles. The number of hydrogen-bond donors (Lipinski definition) is 0. The van der Waals surface area contributed by atoms with Crippen molar-refractivity contribution in [3.05, 3.63) is 71.3 Å². The third-order valence-corrected chi connectivity index (χ3v) is 6.71. The second kappa shape index (κ2) is 17.8. The Hall–Kier alpha value is -1.64. The lowest BCUT2D eigenvalue weighted by molar-refractivity contribution is -0.0429. The highest BCUT2D eigenvalue weighted by Gasteiger charge is 2.19. The first-order valence-corrected chi connectivity index (χ1v) is 14.6. The second-order valence-corrected chi connectivity index (χ2v) is 12.2. The highest BCUT2D eigenvalue weighted by atomic mass is 16.5. The molecule has 0 bridgehead atoms. The molecule has 0 saturated carbocycles. The van der Waals surface area contributed by atoms with Gasteiger partial charge in [-0.25, -0.2) is 0 Å². The average molecular weight is 495 g/mol. The minimum atomic E-state index is 0.142. The van der Waals surface area contributed by atoms with E-state index in [2.05, 4.69) is 83.1 Å². The van der Waals surface area contributed by atoms with Crippen molar-refractivity contribution in [2.45, 2.75) is 118 Å². The van der Waals surface area contributed by atoms with Gasteiger partial charge in [0.1, 0.15) is 0 Å². The van der Waals surface area contributed by atoms with E-state index in [1.807, 2.05) is 6.07 Å². The summed E-state index contributed by atoms with van der Waals surface area (Å²) in [6.45, 7) is 13.6. The summed E-state index contributed by atoms with van der Waals surface area (Å²) in [7, 11) is 0. The summed E-state index contributed by atoms with van der Waals surface area (Å²) in [5.41, 5.74) is 4.46. The predicted molar refractivity (Wildman–Crippen MR) is 156 cm³/mol. The van der Waals surface area contributed by atoms with Gasteiger partial charge in [0.25, 0.3) is 0 Å². The highest BCUT2D eigenvalue weighted by molar-refractivity contribution is 5.23. The fourth-order valence-electron chi connectivity index (χ4n) is 4.74. The Kier molecular flexibility index (Phi) is 15.1. The molecule has 0 aliphatic heterocycles. The number of unbranched alkanes of at least 4 members (excludes halogenated alkanes) is 5. The van der Waals surface area contributed by atoms with E-state index in [0.29, 0.717) is 13.2 Å². The molecule has 0 heterocycles. The van der Waals surface area contributed by atoms with E-state index >= 15 is 0 Å². The van der Waals surface area contributed by atoms with E-state index in [1.54, 1.807) is 0 Å². The molecule has 2 rings (SSSR count). The fourth-order valence-corrected chi connectivity index (χ4v) is 4.74. The molecule has 0 aliphatic carbocycles. The van der Waals surface area contributed by atoms with Gasteiger partial charge < -0.3 is 9.47 Å². The molecule has 0 radical (unpaired) electrons. The van der Waals surface area contributed by atoms with Gasteiger partial charge in [0.05, 0.1) is 19.3 Å². The molecule has 1 unspecified atom stereocenters. The van der Waals surface area contributed by atoms with Crippen LogP contribution in [-0.2, 0) is 28.9 Å². The van der Waals surface area contributed by atoms with Gasteiger partial charge in [0.15, 0.2) is 0 Å². The van der Waals surface area contributed by atoms with Crippen LogP contribution in [0.2, 0.25) is 0 Å². The molecule has 2 aromatic rings. The summed E-state index contributed by atoms with van der Waals surface area (Å²) in [5, 5.41) is 0. The largest absolute Gasteiger partial charge is 0.379 e. The van der Waals surface area contributed by atoms with E-state index in [1.165, 1.54) is 74.5 Å². The van der Waals surface area contributed by atoms with Gasteiger partial charge >= 0.3 is 0 Å². The van der Waals surface area contributed by atoms with Crippen LogP contribution in [0, 0.1) is 11.3 Å². The van der Waals surface area contributed by atoms with Gasteiger partial charge in [-0.05, 0) is 66.5 Å². The Morgan fingerprint density at radius 1 is 0.694 bits per heavy atom. The van der Waals surface area contributed by atoms with Crippen molar-refractivity contribution in [2.24, 2.45) is 11.3 Å². The summed E-state index contributed by atoms with van der Waals surface area (Å²) >= 11 is 0. The molecule has 0 amide bonds. The maximum Gasteiger partial charge on any atom is 0.0818 e. The van der Waals surface area contributed by atoms with E-state index in [-0.39, 0.29) is 11.5 Å². The lowest BCUT2D eigenvalue weighted by atomic mass is 9.89. The highest BCUT2D eigenvalue weighted by Crippen LogP contribution is 2.23. The molecule has 0 fully saturated rings. The number of aryl methyl sites for hydroxylation is 2. The molecule has 0 aromatic heterocycles. The van der Waals surface area contributed by atoms with Crippen molar-refractivity contribution in [1.29, 1.82) is 0 Å². The molecule has 2 nitrogen and oxygen atoms in total. The van der Waals surface area contributed by atoms with Crippen LogP contribution in [0.25, 0.3) is 0 Å². The summed E-state index contributed by atoms with van der Waals surface area (Å²) in [5.74, 6) is 0.845. The van der Waals surface area contributed by atoms with Crippen LogP contribution in [0.15, 0.2) is 54.6 Å². The maximum absolute atomic E-state index is 6.23. The first-order valence-electron chi connectivity index (χ1n) is 14.6. The minimum Gasteiger partial charge on any atom is -0.379 e. The topological polar surface area (TPSA) is 18.5 Å². The zero-order valence-corrected chi connectivity index (χ0v) is 24.1. The smallest absolute Gasteiger partial charge is 0.0818 e. The van der Waals surface area contributed by atoms with Crippen molar-refractivity contribution in [3.63, 3.8) is 0 Å². The minimum absolute atomic E-state index is 0.142. The quantitative estimate of drug-likeness (QED) is 0.181. The van der Waals surface area contributed by atoms with Crippen LogP contribution in [0.1, 0.15) is 109 Å². The molecule has 1 atom stereocenters. The predicted octanol–water partition coefficient (Wildman–Crippen LogP) is 9.59. The van der Waals surface area contributed by atoms with Crippen LogP contribution in [-0.4, -0.2) is 19.3 Å². The summed E-state index contributed by atoms with van der Waals surface area (Å²) in [6, 6.07) is 19.7. The Morgan fingerprint density at radius 3 is 1.94 bits per heavy atom.